The number of hydrogen-bond donors (Lipinski definition) is 3. The average molecular weight is 801 g/mol. The molecule has 0 saturated carbocycles. The summed E-state index contributed by atoms with van der Waals surface area (Å²) in [6.07, 6.45) is 1.82. The Balaban J connectivity index is 1.32. The Morgan fingerprint density at radius 3 is 1.47 bits per heavy atom. The number of hydrogen-bond acceptors (Lipinski definition) is 11. The van der Waals surface area contributed by atoms with Gasteiger partial charge in [-0.3, -0.25) is 14.4 Å². The van der Waals surface area contributed by atoms with E-state index in [-0.39, 0.29) is 109 Å². The second kappa shape index (κ2) is 30.0. The van der Waals surface area contributed by atoms with Gasteiger partial charge in [0.15, 0.2) is 0 Å². The zero-order chi connectivity index (χ0) is 40.8. The summed E-state index contributed by atoms with van der Waals surface area (Å²) in [5.74, 6) is -0.610. The Morgan fingerprint density at radius 2 is 0.965 bits per heavy atom. The topological polar surface area (TPSA) is 172 Å². The minimum absolute atomic E-state index is 0.0321. The first-order valence-electron chi connectivity index (χ1n) is 20.3. The van der Waals surface area contributed by atoms with Gasteiger partial charge in [0.1, 0.15) is 6.61 Å². The summed E-state index contributed by atoms with van der Waals surface area (Å²) in [5, 5.41) is 8.36. The van der Waals surface area contributed by atoms with Crippen LogP contribution in [0.25, 0.3) is 11.1 Å². The van der Waals surface area contributed by atoms with Crippen molar-refractivity contribution in [3.8, 4) is 11.1 Å². The highest BCUT2D eigenvalue weighted by atomic mass is 16.6. The standard InChI is InChI=1S/C42H64N4O11/c1-3-21-51-27-29-54-23-13-39(47)43-16-19-46(20-17-44-40(48)14-24-55-30-32-56-31-28-52-22-4-2)41(49)15-25-53-26-18-45-42(50)57-33-38-36-11-7-5-9-34(36)35-10-6-8-12-37(35)38/h5-12,38H,3-4,13-33H2,1-2H3,(H,43,47)(H,44,48)(H,45,50). The predicted molar refractivity (Wildman–Crippen MR) is 215 cm³/mol. The molecule has 4 amide bonds. The molecule has 0 aromatic heterocycles. The van der Waals surface area contributed by atoms with E-state index in [0.717, 1.165) is 35.1 Å². The van der Waals surface area contributed by atoms with Crippen molar-refractivity contribution in [2.45, 2.75) is 51.9 Å². The van der Waals surface area contributed by atoms with E-state index in [9.17, 15) is 19.2 Å². The highest BCUT2D eigenvalue weighted by Crippen LogP contribution is 2.44. The Bertz CT molecular complexity index is 1400. The molecule has 3 N–H and O–H groups in total. The second-order valence-corrected chi connectivity index (χ2v) is 13.3. The van der Waals surface area contributed by atoms with Crippen LogP contribution in [-0.2, 0) is 47.5 Å². The Labute approximate surface area is 337 Å². The lowest BCUT2D eigenvalue weighted by atomic mass is 9.98. The zero-order valence-electron chi connectivity index (χ0n) is 33.9. The van der Waals surface area contributed by atoms with Gasteiger partial charge < -0.3 is 54.0 Å². The summed E-state index contributed by atoms with van der Waals surface area (Å²) in [4.78, 5) is 51.9. The van der Waals surface area contributed by atoms with Crippen molar-refractivity contribution >= 4 is 23.8 Å². The van der Waals surface area contributed by atoms with Crippen molar-refractivity contribution in [2.75, 3.05) is 119 Å². The fourth-order valence-corrected chi connectivity index (χ4v) is 5.98. The molecule has 0 heterocycles. The van der Waals surface area contributed by atoms with Gasteiger partial charge in [-0.05, 0) is 35.1 Å². The average Bonchev–Trinajstić information content (AvgIpc) is 3.54. The highest BCUT2D eigenvalue weighted by molar-refractivity contribution is 5.79. The number of fused-ring (bicyclic) bond motifs is 3. The molecule has 0 saturated heterocycles. The lowest BCUT2D eigenvalue weighted by Crippen LogP contribution is -2.43. The molecule has 15 nitrogen and oxygen atoms in total. The maximum absolute atomic E-state index is 13.2. The summed E-state index contributed by atoms with van der Waals surface area (Å²) in [6.45, 7) is 10.5. The monoisotopic (exact) mass is 800 g/mol. The molecule has 1 aliphatic rings. The van der Waals surface area contributed by atoms with E-state index in [0.29, 0.717) is 52.9 Å². The molecular weight excluding hydrogens is 736 g/mol. The van der Waals surface area contributed by atoms with Gasteiger partial charge in [0, 0.05) is 64.7 Å². The maximum atomic E-state index is 13.2. The number of alkyl carbamates (subject to hydrolysis) is 1. The molecular formula is C42H64N4O11. The number of nitrogens with one attached hydrogen (secondary N) is 3. The van der Waals surface area contributed by atoms with Gasteiger partial charge in [-0.25, -0.2) is 4.79 Å². The molecule has 0 spiro atoms. The van der Waals surface area contributed by atoms with Crippen molar-refractivity contribution in [1.29, 1.82) is 0 Å². The van der Waals surface area contributed by atoms with Crippen molar-refractivity contribution in [2.24, 2.45) is 0 Å². The van der Waals surface area contributed by atoms with Crippen LogP contribution < -0.4 is 16.0 Å². The molecule has 2 aromatic carbocycles. The van der Waals surface area contributed by atoms with Crippen molar-refractivity contribution < 1.29 is 52.3 Å². The van der Waals surface area contributed by atoms with E-state index >= 15 is 0 Å². The number of carbonyl (C=O) groups excluding carboxylic acids is 4. The van der Waals surface area contributed by atoms with Gasteiger partial charge in [0.2, 0.25) is 17.7 Å². The fraction of sp³-hybridized carbons (Fsp3) is 0.619. The molecule has 3 rings (SSSR count). The van der Waals surface area contributed by atoms with Crippen LogP contribution in [0.1, 0.15) is 63.0 Å². The smallest absolute Gasteiger partial charge is 0.407 e. The summed E-state index contributed by atoms with van der Waals surface area (Å²) in [5.41, 5.74) is 4.59. The molecule has 15 heteroatoms. The molecule has 318 valence electrons. The van der Waals surface area contributed by atoms with Crippen LogP contribution >= 0.6 is 0 Å². The summed E-state index contributed by atoms with van der Waals surface area (Å²) >= 11 is 0. The normalized spacial score (nSPS) is 11.8. The Kier molecular flexibility index (Phi) is 24.9. The quantitative estimate of drug-likeness (QED) is 0.0900. The van der Waals surface area contributed by atoms with Crippen molar-refractivity contribution in [1.82, 2.24) is 20.9 Å². The van der Waals surface area contributed by atoms with Crippen LogP contribution in [0.2, 0.25) is 0 Å². The maximum Gasteiger partial charge on any atom is 0.407 e. The number of carbonyl (C=O) groups is 4. The third kappa shape index (κ3) is 19.7. The molecule has 1 aliphatic carbocycles. The van der Waals surface area contributed by atoms with E-state index in [1.165, 1.54) is 0 Å². The van der Waals surface area contributed by atoms with Crippen molar-refractivity contribution in [3.05, 3.63) is 59.7 Å². The first-order valence-corrected chi connectivity index (χ1v) is 20.3. The number of amides is 4. The lowest BCUT2D eigenvalue weighted by molar-refractivity contribution is -0.133. The summed E-state index contributed by atoms with van der Waals surface area (Å²) in [6, 6.07) is 16.3. The van der Waals surface area contributed by atoms with Crippen LogP contribution in [0, 0.1) is 0 Å². The summed E-state index contributed by atoms with van der Waals surface area (Å²) < 4.78 is 38.3. The van der Waals surface area contributed by atoms with E-state index in [2.05, 4.69) is 40.2 Å². The minimum atomic E-state index is -0.538. The number of rotatable bonds is 33. The first-order chi connectivity index (χ1) is 27.9. The number of benzene rings is 2. The Hall–Kier alpha value is -4.12. The molecule has 2 aromatic rings. The third-order valence-corrected chi connectivity index (χ3v) is 8.84. The highest BCUT2D eigenvalue weighted by Gasteiger charge is 2.29. The number of nitrogens with zero attached hydrogens (tertiary/aromatic N) is 1. The van der Waals surface area contributed by atoms with Crippen LogP contribution in [0.15, 0.2) is 48.5 Å². The molecule has 0 aliphatic heterocycles. The minimum Gasteiger partial charge on any atom is -0.449 e. The van der Waals surface area contributed by atoms with E-state index < -0.39 is 6.09 Å². The second-order valence-electron chi connectivity index (χ2n) is 13.3. The van der Waals surface area contributed by atoms with Crippen molar-refractivity contribution in [3.63, 3.8) is 0 Å². The summed E-state index contributed by atoms with van der Waals surface area (Å²) in [7, 11) is 0. The molecule has 0 bridgehead atoms. The van der Waals surface area contributed by atoms with Gasteiger partial charge in [-0.1, -0.05) is 62.4 Å². The number of ether oxygens (including phenoxy) is 7. The van der Waals surface area contributed by atoms with Crippen LogP contribution in [0.5, 0.6) is 0 Å². The van der Waals surface area contributed by atoms with Gasteiger partial charge in [0.25, 0.3) is 0 Å². The first kappa shape index (κ1) is 47.3. The zero-order valence-corrected chi connectivity index (χ0v) is 33.9. The van der Waals surface area contributed by atoms with Gasteiger partial charge in [-0.15, -0.1) is 0 Å². The molecule has 0 unspecified atom stereocenters. The molecule has 0 radical (unpaired) electrons. The van der Waals surface area contributed by atoms with Gasteiger partial charge in [0.05, 0.1) is 72.5 Å². The molecule has 0 fully saturated rings. The van der Waals surface area contributed by atoms with E-state index in [1.54, 1.807) is 4.90 Å². The predicted octanol–water partition coefficient (Wildman–Crippen LogP) is 3.68. The SMILES string of the molecule is CCCOCCOCCOCCC(=O)NCCN(CCNC(=O)CCOCCOCCC)C(=O)CCOCCNC(=O)OCC1c2ccccc2-c2ccccc21. The van der Waals surface area contributed by atoms with Crippen LogP contribution in [0.3, 0.4) is 0 Å². The van der Waals surface area contributed by atoms with E-state index in [1.807, 2.05) is 38.1 Å². The molecule has 0 atom stereocenters. The van der Waals surface area contributed by atoms with Gasteiger partial charge >= 0.3 is 6.09 Å². The van der Waals surface area contributed by atoms with Gasteiger partial charge in [-0.2, -0.15) is 0 Å². The lowest BCUT2D eigenvalue weighted by Gasteiger charge is -2.23. The van der Waals surface area contributed by atoms with Crippen LogP contribution in [0.4, 0.5) is 4.79 Å². The largest absolute Gasteiger partial charge is 0.449 e. The fourth-order valence-electron chi connectivity index (χ4n) is 5.98. The van der Waals surface area contributed by atoms with E-state index in [4.69, 9.17) is 33.2 Å². The van der Waals surface area contributed by atoms with Crippen LogP contribution in [-0.4, -0.2) is 147 Å². The third-order valence-electron chi connectivity index (χ3n) is 8.84. The Morgan fingerprint density at radius 1 is 0.526 bits per heavy atom. The molecule has 57 heavy (non-hydrogen) atoms.